The Bertz CT molecular complexity index is 606. The quantitative estimate of drug-likeness (QED) is 0.541. The Morgan fingerprint density at radius 2 is 1.56 bits per heavy atom. The van der Waals surface area contributed by atoms with Crippen LogP contribution in [0.15, 0.2) is 12.1 Å². The van der Waals surface area contributed by atoms with E-state index < -0.39 is 12.1 Å². The Hall–Kier alpha value is -2.28. The summed E-state index contributed by atoms with van der Waals surface area (Å²) in [5, 5.41) is 13.4. The molecule has 0 aromatic heterocycles. The van der Waals surface area contributed by atoms with Crippen LogP contribution in [0.1, 0.15) is 57.6 Å². The molecule has 0 fully saturated rings. The van der Waals surface area contributed by atoms with Gasteiger partial charge in [0.2, 0.25) is 11.7 Å². The first-order valence-electron chi connectivity index (χ1n) is 9.10. The highest BCUT2D eigenvalue weighted by Crippen LogP contribution is 2.40. The lowest BCUT2D eigenvalue weighted by Crippen LogP contribution is -2.36. The van der Waals surface area contributed by atoms with Gasteiger partial charge in [-0.25, -0.2) is 0 Å². The Morgan fingerprint density at radius 3 is 2.04 bits per heavy atom. The van der Waals surface area contributed by atoms with Crippen LogP contribution in [0.3, 0.4) is 0 Å². The molecular formula is C20H31NO6. The van der Waals surface area contributed by atoms with Crippen molar-refractivity contribution in [2.45, 2.75) is 58.1 Å². The SMILES string of the molecule is COc1cc([C@@H](O)[C@@H](C)NC(=O)CCCCCC(C)=O)cc(OC)c1OC. The minimum atomic E-state index is -0.930. The fourth-order valence-corrected chi connectivity index (χ4v) is 2.80. The molecule has 2 N–H and O–H groups in total. The molecule has 0 bridgehead atoms. The number of aliphatic hydroxyl groups excluding tert-OH is 1. The molecule has 0 radical (unpaired) electrons. The molecule has 0 aliphatic rings. The van der Waals surface area contributed by atoms with Crippen molar-refractivity contribution in [2.24, 2.45) is 0 Å². The van der Waals surface area contributed by atoms with Gasteiger partial charge in [0.1, 0.15) is 5.78 Å². The number of ether oxygens (including phenoxy) is 3. The van der Waals surface area contributed by atoms with Crippen molar-refractivity contribution in [1.82, 2.24) is 5.32 Å². The third-order valence-corrected chi connectivity index (χ3v) is 4.32. The summed E-state index contributed by atoms with van der Waals surface area (Å²) in [4.78, 5) is 23.0. The third kappa shape index (κ3) is 7.09. The molecule has 1 aromatic carbocycles. The molecule has 1 amide bonds. The fraction of sp³-hybridized carbons (Fsp3) is 0.600. The molecule has 27 heavy (non-hydrogen) atoms. The summed E-state index contributed by atoms with van der Waals surface area (Å²) in [6.45, 7) is 3.31. The maximum atomic E-state index is 12.1. The van der Waals surface area contributed by atoms with Crippen LogP contribution < -0.4 is 19.5 Å². The molecule has 0 spiro atoms. The fourth-order valence-electron chi connectivity index (χ4n) is 2.80. The average molecular weight is 381 g/mol. The van der Waals surface area contributed by atoms with E-state index in [1.165, 1.54) is 21.3 Å². The van der Waals surface area contributed by atoms with Gasteiger partial charge in [-0.05, 0) is 44.4 Å². The van der Waals surface area contributed by atoms with E-state index in [-0.39, 0.29) is 11.7 Å². The second-order valence-electron chi connectivity index (χ2n) is 6.52. The van der Waals surface area contributed by atoms with Gasteiger partial charge in [-0.15, -0.1) is 0 Å². The van der Waals surface area contributed by atoms with E-state index in [0.717, 1.165) is 12.8 Å². The van der Waals surface area contributed by atoms with E-state index in [0.29, 0.717) is 42.1 Å². The zero-order valence-electron chi connectivity index (χ0n) is 16.8. The van der Waals surface area contributed by atoms with Crippen LogP contribution in [-0.2, 0) is 9.59 Å². The minimum Gasteiger partial charge on any atom is -0.493 e. The summed E-state index contributed by atoms with van der Waals surface area (Å²) in [7, 11) is 4.52. The normalized spacial score (nSPS) is 12.8. The molecule has 152 valence electrons. The van der Waals surface area contributed by atoms with Crippen LogP contribution in [0.2, 0.25) is 0 Å². The standard InChI is InChI=1S/C20H31NO6/c1-13(22)9-7-6-8-10-18(23)21-14(2)19(24)15-11-16(25-3)20(27-5)17(12-15)26-4/h11-12,14,19,24H,6-10H2,1-5H3,(H,21,23)/t14-,19+/m1/s1. The van der Waals surface area contributed by atoms with Crippen LogP contribution >= 0.6 is 0 Å². The Kier molecular flexibility index (Phi) is 9.64. The van der Waals surface area contributed by atoms with Crippen molar-refractivity contribution in [3.05, 3.63) is 17.7 Å². The van der Waals surface area contributed by atoms with Gasteiger partial charge < -0.3 is 29.4 Å². The highest BCUT2D eigenvalue weighted by molar-refractivity contribution is 5.76. The van der Waals surface area contributed by atoms with Gasteiger partial charge in [-0.3, -0.25) is 4.79 Å². The van der Waals surface area contributed by atoms with E-state index in [4.69, 9.17) is 14.2 Å². The number of carbonyl (C=O) groups excluding carboxylic acids is 2. The number of rotatable bonds is 12. The van der Waals surface area contributed by atoms with E-state index in [1.54, 1.807) is 26.0 Å². The summed E-state index contributed by atoms with van der Waals surface area (Å²) < 4.78 is 15.9. The van der Waals surface area contributed by atoms with Crippen LogP contribution in [0.5, 0.6) is 17.2 Å². The maximum Gasteiger partial charge on any atom is 0.220 e. The molecule has 0 aliphatic heterocycles. The van der Waals surface area contributed by atoms with Gasteiger partial charge in [0.15, 0.2) is 11.5 Å². The zero-order chi connectivity index (χ0) is 20.4. The lowest BCUT2D eigenvalue weighted by molar-refractivity contribution is -0.122. The maximum absolute atomic E-state index is 12.1. The average Bonchev–Trinajstić information content (AvgIpc) is 2.65. The Labute approximate surface area is 161 Å². The monoisotopic (exact) mass is 381 g/mol. The van der Waals surface area contributed by atoms with Crippen molar-refractivity contribution < 1.29 is 28.9 Å². The van der Waals surface area contributed by atoms with Crippen LogP contribution in [0.4, 0.5) is 0 Å². The number of amides is 1. The third-order valence-electron chi connectivity index (χ3n) is 4.32. The molecule has 2 atom stereocenters. The van der Waals surface area contributed by atoms with Crippen molar-refractivity contribution in [2.75, 3.05) is 21.3 Å². The predicted octanol–water partition coefficient (Wildman–Crippen LogP) is 2.79. The van der Waals surface area contributed by atoms with Crippen molar-refractivity contribution >= 4 is 11.7 Å². The van der Waals surface area contributed by atoms with Crippen LogP contribution in [0.25, 0.3) is 0 Å². The second kappa shape index (κ2) is 11.4. The number of unbranched alkanes of at least 4 members (excludes halogenated alkanes) is 2. The molecule has 1 rings (SSSR count). The zero-order valence-corrected chi connectivity index (χ0v) is 16.8. The summed E-state index contributed by atoms with van der Waals surface area (Å²) in [6.07, 6.45) is 2.33. The predicted molar refractivity (Wildman–Crippen MR) is 102 cm³/mol. The summed E-state index contributed by atoms with van der Waals surface area (Å²) >= 11 is 0. The second-order valence-corrected chi connectivity index (χ2v) is 6.52. The van der Waals surface area contributed by atoms with Gasteiger partial charge in [0.05, 0.1) is 33.5 Å². The molecule has 0 saturated heterocycles. The van der Waals surface area contributed by atoms with E-state index >= 15 is 0 Å². The van der Waals surface area contributed by atoms with Crippen LogP contribution in [-0.4, -0.2) is 44.2 Å². The van der Waals surface area contributed by atoms with E-state index in [2.05, 4.69) is 5.32 Å². The number of Topliss-reactive ketones (excluding diaryl/α,β-unsaturated/α-hetero) is 1. The number of carbonyl (C=O) groups is 2. The number of hydrogen-bond acceptors (Lipinski definition) is 6. The number of hydrogen-bond donors (Lipinski definition) is 2. The van der Waals surface area contributed by atoms with Crippen LogP contribution in [0, 0.1) is 0 Å². The highest BCUT2D eigenvalue weighted by atomic mass is 16.5. The number of aliphatic hydroxyl groups is 1. The number of benzene rings is 1. The topological polar surface area (TPSA) is 94.1 Å². The van der Waals surface area contributed by atoms with Gasteiger partial charge in [0.25, 0.3) is 0 Å². The number of methoxy groups -OCH3 is 3. The van der Waals surface area contributed by atoms with Gasteiger partial charge in [-0.2, -0.15) is 0 Å². The number of ketones is 1. The molecule has 0 aliphatic carbocycles. The first-order chi connectivity index (χ1) is 12.8. The van der Waals surface area contributed by atoms with Crippen molar-refractivity contribution in [3.63, 3.8) is 0 Å². The smallest absolute Gasteiger partial charge is 0.220 e. The van der Waals surface area contributed by atoms with Gasteiger partial charge in [-0.1, -0.05) is 6.42 Å². The lowest BCUT2D eigenvalue weighted by Gasteiger charge is -2.22. The summed E-state index contributed by atoms with van der Waals surface area (Å²) in [5.41, 5.74) is 0.554. The lowest BCUT2D eigenvalue weighted by atomic mass is 10.0. The molecule has 0 saturated carbocycles. The largest absolute Gasteiger partial charge is 0.493 e. The van der Waals surface area contributed by atoms with Crippen molar-refractivity contribution in [3.8, 4) is 17.2 Å². The minimum absolute atomic E-state index is 0.128. The Morgan fingerprint density at radius 1 is 1.00 bits per heavy atom. The Balaban J connectivity index is 2.66. The first-order valence-corrected chi connectivity index (χ1v) is 9.10. The molecule has 0 unspecified atom stereocenters. The molecule has 1 aromatic rings. The molecule has 7 nitrogen and oxygen atoms in total. The van der Waals surface area contributed by atoms with Gasteiger partial charge in [0, 0.05) is 12.8 Å². The highest BCUT2D eigenvalue weighted by Gasteiger charge is 2.22. The summed E-state index contributed by atoms with van der Waals surface area (Å²) in [5.74, 6) is 1.36. The van der Waals surface area contributed by atoms with E-state index in [9.17, 15) is 14.7 Å². The summed E-state index contributed by atoms with van der Waals surface area (Å²) in [6, 6.07) is 2.84. The first kappa shape index (κ1) is 22.8. The van der Waals surface area contributed by atoms with Gasteiger partial charge >= 0.3 is 0 Å². The van der Waals surface area contributed by atoms with E-state index in [1.807, 2.05) is 0 Å². The molecular weight excluding hydrogens is 350 g/mol. The number of nitrogens with one attached hydrogen (secondary N) is 1. The van der Waals surface area contributed by atoms with Crippen molar-refractivity contribution in [1.29, 1.82) is 0 Å². The molecule has 7 heteroatoms. The molecule has 0 heterocycles.